The van der Waals surface area contributed by atoms with Crippen LogP contribution in [0.25, 0.3) is 0 Å². The van der Waals surface area contributed by atoms with Crippen molar-refractivity contribution in [3.8, 4) is 6.07 Å². The molecule has 2 nitrogen and oxygen atoms in total. The maximum atomic E-state index is 8.47. The Labute approximate surface area is 94.6 Å². The lowest BCUT2D eigenvalue weighted by Crippen LogP contribution is -2.28. The molecule has 0 aromatic rings. The molecule has 0 N–H and O–H groups in total. The molecule has 1 unspecified atom stereocenters. The summed E-state index contributed by atoms with van der Waals surface area (Å²) in [7, 11) is 0. The first-order valence-corrected chi connectivity index (χ1v) is 5.88. The SMILES string of the molecule is CC(C)CC(C)(C)OCC(C)CCC#N. The Morgan fingerprint density at radius 2 is 1.87 bits per heavy atom. The lowest BCUT2D eigenvalue weighted by molar-refractivity contribution is -0.0461. The third-order valence-electron chi connectivity index (χ3n) is 2.41. The predicted molar refractivity (Wildman–Crippen MR) is 63.5 cm³/mol. The Morgan fingerprint density at radius 3 is 2.33 bits per heavy atom. The number of hydrogen-bond donors (Lipinski definition) is 0. The second-order valence-corrected chi connectivity index (χ2v) is 5.47. The van der Waals surface area contributed by atoms with E-state index in [2.05, 4.69) is 40.7 Å². The van der Waals surface area contributed by atoms with Crippen LogP contribution in [0.5, 0.6) is 0 Å². The summed E-state index contributed by atoms with van der Waals surface area (Å²) >= 11 is 0. The zero-order valence-electron chi connectivity index (χ0n) is 10.8. The molecule has 0 aliphatic heterocycles. The minimum Gasteiger partial charge on any atom is -0.375 e. The number of ether oxygens (including phenoxy) is 1. The van der Waals surface area contributed by atoms with Crippen LogP contribution in [0.1, 0.15) is 53.9 Å². The molecule has 1 atom stereocenters. The van der Waals surface area contributed by atoms with E-state index in [4.69, 9.17) is 10.00 Å². The molecule has 0 aromatic heterocycles. The van der Waals surface area contributed by atoms with Gasteiger partial charge in [0.1, 0.15) is 0 Å². The average molecular weight is 211 g/mol. The highest BCUT2D eigenvalue weighted by molar-refractivity contribution is 4.73. The standard InChI is InChI=1S/C13H25NO/c1-11(2)9-13(4,5)15-10-12(3)7-6-8-14/h11-12H,6-7,9-10H2,1-5H3. The van der Waals surface area contributed by atoms with Crippen LogP contribution in [0.15, 0.2) is 0 Å². The Bertz CT molecular complexity index is 203. The Hall–Kier alpha value is -0.550. The van der Waals surface area contributed by atoms with Crippen LogP contribution >= 0.6 is 0 Å². The third kappa shape index (κ3) is 8.44. The Morgan fingerprint density at radius 1 is 1.27 bits per heavy atom. The van der Waals surface area contributed by atoms with Crippen LogP contribution in [0.3, 0.4) is 0 Å². The molecule has 0 bridgehead atoms. The fourth-order valence-electron chi connectivity index (χ4n) is 1.80. The summed E-state index contributed by atoms with van der Waals surface area (Å²) in [6.07, 6.45) is 2.65. The van der Waals surface area contributed by atoms with Crippen molar-refractivity contribution in [2.75, 3.05) is 6.61 Å². The minimum absolute atomic E-state index is 0.0327. The molecule has 0 aliphatic rings. The van der Waals surface area contributed by atoms with E-state index in [0.29, 0.717) is 18.3 Å². The molecule has 15 heavy (non-hydrogen) atoms. The van der Waals surface area contributed by atoms with E-state index in [0.717, 1.165) is 19.4 Å². The molecule has 0 spiro atoms. The van der Waals surface area contributed by atoms with Crippen molar-refractivity contribution in [2.24, 2.45) is 11.8 Å². The maximum Gasteiger partial charge on any atom is 0.0629 e. The molecular weight excluding hydrogens is 186 g/mol. The summed E-state index contributed by atoms with van der Waals surface area (Å²) in [6, 6.07) is 2.17. The van der Waals surface area contributed by atoms with Gasteiger partial charge >= 0.3 is 0 Å². The van der Waals surface area contributed by atoms with Gasteiger partial charge in [-0.15, -0.1) is 0 Å². The van der Waals surface area contributed by atoms with E-state index in [1.165, 1.54) is 0 Å². The van der Waals surface area contributed by atoms with Gasteiger partial charge in [0.25, 0.3) is 0 Å². The largest absolute Gasteiger partial charge is 0.375 e. The fourth-order valence-corrected chi connectivity index (χ4v) is 1.80. The van der Waals surface area contributed by atoms with Crippen molar-refractivity contribution in [2.45, 2.75) is 59.5 Å². The molecule has 0 fully saturated rings. The van der Waals surface area contributed by atoms with Gasteiger partial charge in [-0.3, -0.25) is 0 Å². The van der Waals surface area contributed by atoms with Crippen LogP contribution < -0.4 is 0 Å². The van der Waals surface area contributed by atoms with Crippen LogP contribution in [0, 0.1) is 23.2 Å². The molecule has 0 aromatic carbocycles. The molecular formula is C13H25NO. The molecule has 88 valence electrons. The second kappa shape index (κ2) is 6.85. The van der Waals surface area contributed by atoms with Gasteiger partial charge in [-0.25, -0.2) is 0 Å². The predicted octanol–water partition coefficient (Wildman–Crippen LogP) is 3.77. The van der Waals surface area contributed by atoms with Gasteiger partial charge in [0, 0.05) is 13.0 Å². The van der Waals surface area contributed by atoms with E-state index < -0.39 is 0 Å². The van der Waals surface area contributed by atoms with Gasteiger partial charge in [-0.05, 0) is 38.5 Å². The molecule has 0 rings (SSSR count). The van der Waals surface area contributed by atoms with E-state index in [1.54, 1.807) is 0 Å². The molecule has 0 saturated carbocycles. The summed E-state index contributed by atoms with van der Waals surface area (Å²) in [6.45, 7) is 11.6. The maximum absolute atomic E-state index is 8.47. The molecule has 2 heteroatoms. The van der Waals surface area contributed by atoms with Crippen molar-refractivity contribution >= 4 is 0 Å². The summed E-state index contributed by atoms with van der Waals surface area (Å²) in [5, 5.41) is 8.47. The van der Waals surface area contributed by atoms with Gasteiger partial charge < -0.3 is 4.74 Å². The van der Waals surface area contributed by atoms with E-state index in [-0.39, 0.29) is 5.60 Å². The third-order valence-corrected chi connectivity index (χ3v) is 2.41. The fraction of sp³-hybridized carbons (Fsp3) is 0.923. The topological polar surface area (TPSA) is 33.0 Å². The number of rotatable bonds is 7. The van der Waals surface area contributed by atoms with Crippen molar-refractivity contribution in [1.29, 1.82) is 5.26 Å². The highest BCUT2D eigenvalue weighted by Gasteiger charge is 2.20. The molecule has 0 amide bonds. The second-order valence-electron chi connectivity index (χ2n) is 5.47. The highest BCUT2D eigenvalue weighted by atomic mass is 16.5. The molecule has 0 heterocycles. The quantitative estimate of drug-likeness (QED) is 0.642. The zero-order valence-corrected chi connectivity index (χ0v) is 10.8. The first kappa shape index (κ1) is 14.5. The summed E-state index contributed by atoms with van der Waals surface area (Å²) in [5.74, 6) is 1.14. The molecule has 0 radical (unpaired) electrons. The Kier molecular flexibility index (Phi) is 6.60. The van der Waals surface area contributed by atoms with Gasteiger partial charge in [-0.1, -0.05) is 20.8 Å². The number of nitrogens with zero attached hydrogens (tertiary/aromatic N) is 1. The van der Waals surface area contributed by atoms with Gasteiger partial charge in [0.05, 0.1) is 11.7 Å². The van der Waals surface area contributed by atoms with E-state index >= 15 is 0 Å². The van der Waals surface area contributed by atoms with Crippen LogP contribution in [-0.4, -0.2) is 12.2 Å². The van der Waals surface area contributed by atoms with Gasteiger partial charge in [0.2, 0.25) is 0 Å². The van der Waals surface area contributed by atoms with Gasteiger partial charge in [-0.2, -0.15) is 5.26 Å². The minimum atomic E-state index is -0.0327. The summed E-state index contributed by atoms with van der Waals surface area (Å²) < 4.78 is 5.89. The van der Waals surface area contributed by atoms with Crippen molar-refractivity contribution in [3.05, 3.63) is 0 Å². The molecule has 0 saturated heterocycles. The highest BCUT2D eigenvalue weighted by Crippen LogP contribution is 2.21. The lowest BCUT2D eigenvalue weighted by atomic mass is 9.96. The van der Waals surface area contributed by atoms with Gasteiger partial charge in [0.15, 0.2) is 0 Å². The van der Waals surface area contributed by atoms with Crippen molar-refractivity contribution in [3.63, 3.8) is 0 Å². The normalized spacial score (nSPS) is 13.9. The van der Waals surface area contributed by atoms with E-state index in [9.17, 15) is 0 Å². The van der Waals surface area contributed by atoms with Crippen molar-refractivity contribution in [1.82, 2.24) is 0 Å². The molecule has 0 aliphatic carbocycles. The zero-order chi connectivity index (χ0) is 11.9. The van der Waals surface area contributed by atoms with Crippen LogP contribution in [-0.2, 0) is 4.74 Å². The summed E-state index contributed by atoms with van der Waals surface area (Å²) in [5.41, 5.74) is -0.0327. The first-order valence-electron chi connectivity index (χ1n) is 5.88. The van der Waals surface area contributed by atoms with Crippen LogP contribution in [0.2, 0.25) is 0 Å². The Balaban J connectivity index is 3.77. The number of hydrogen-bond acceptors (Lipinski definition) is 2. The lowest BCUT2D eigenvalue weighted by Gasteiger charge is -2.28. The number of nitriles is 1. The first-order chi connectivity index (χ1) is 6.87. The average Bonchev–Trinajstić information content (AvgIpc) is 2.09. The van der Waals surface area contributed by atoms with Crippen molar-refractivity contribution < 1.29 is 4.74 Å². The monoisotopic (exact) mass is 211 g/mol. The van der Waals surface area contributed by atoms with E-state index in [1.807, 2.05) is 0 Å². The summed E-state index contributed by atoms with van der Waals surface area (Å²) in [4.78, 5) is 0. The smallest absolute Gasteiger partial charge is 0.0629 e. The van der Waals surface area contributed by atoms with Crippen LogP contribution in [0.4, 0.5) is 0 Å².